The van der Waals surface area contributed by atoms with E-state index in [-0.39, 0.29) is 5.91 Å². The molecule has 1 aliphatic rings. The van der Waals surface area contributed by atoms with Crippen molar-refractivity contribution in [2.45, 2.75) is 0 Å². The van der Waals surface area contributed by atoms with E-state index >= 15 is 0 Å². The van der Waals surface area contributed by atoms with Crippen molar-refractivity contribution in [3.05, 3.63) is 29.8 Å². The van der Waals surface area contributed by atoms with Gasteiger partial charge in [-0.05, 0) is 19.2 Å². The van der Waals surface area contributed by atoms with Gasteiger partial charge >= 0.3 is 0 Å². The van der Waals surface area contributed by atoms with Gasteiger partial charge in [0, 0.05) is 45.0 Å². The maximum atomic E-state index is 11.9. The number of nitrogen functional groups attached to an aromatic ring is 1. The van der Waals surface area contributed by atoms with Crippen LogP contribution in [0.2, 0.25) is 0 Å². The number of hydrogen-bond acceptors (Lipinski definition) is 4. The highest BCUT2D eigenvalue weighted by molar-refractivity contribution is 5.99. The van der Waals surface area contributed by atoms with Crippen molar-refractivity contribution in [2.75, 3.05) is 52.0 Å². The van der Waals surface area contributed by atoms with Gasteiger partial charge in [0.2, 0.25) is 0 Å². The number of nitrogens with one attached hydrogen (secondary N) is 1. The highest BCUT2D eigenvalue weighted by Crippen LogP contribution is 2.09. The number of anilines is 1. The highest BCUT2D eigenvalue weighted by Gasteiger charge is 2.14. The molecule has 0 atom stereocenters. The van der Waals surface area contributed by atoms with Crippen LogP contribution in [0.15, 0.2) is 24.3 Å². The van der Waals surface area contributed by atoms with Gasteiger partial charge in [-0.2, -0.15) is 0 Å². The van der Waals surface area contributed by atoms with Crippen LogP contribution in [0, 0.1) is 0 Å². The lowest BCUT2D eigenvalue weighted by Crippen LogP contribution is -2.46. The number of hydrogen-bond donors (Lipinski definition) is 2. The third-order valence-electron chi connectivity index (χ3n) is 3.51. The smallest absolute Gasteiger partial charge is 0.253 e. The van der Waals surface area contributed by atoms with Crippen LogP contribution >= 0.6 is 0 Å². The summed E-state index contributed by atoms with van der Waals surface area (Å²) in [6.07, 6.45) is 0. The van der Waals surface area contributed by atoms with E-state index in [2.05, 4.69) is 22.2 Å². The molecular weight excluding hydrogens is 240 g/mol. The number of likely N-dealkylation sites (N-methyl/N-ethyl adjacent to an activating group) is 1. The van der Waals surface area contributed by atoms with Crippen LogP contribution in [0.25, 0.3) is 0 Å². The van der Waals surface area contributed by atoms with E-state index < -0.39 is 0 Å². The molecule has 1 saturated heterocycles. The Kier molecular flexibility index (Phi) is 4.76. The Morgan fingerprint density at radius 2 is 1.95 bits per heavy atom. The van der Waals surface area contributed by atoms with Gasteiger partial charge in [0.25, 0.3) is 5.91 Å². The average molecular weight is 262 g/mol. The zero-order valence-corrected chi connectivity index (χ0v) is 11.4. The van der Waals surface area contributed by atoms with Crippen molar-refractivity contribution >= 4 is 11.6 Å². The Morgan fingerprint density at radius 1 is 1.26 bits per heavy atom. The Hall–Kier alpha value is -1.59. The van der Waals surface area contributed by atoms with E-state index in [4.69, 9.17) is 5.73 Å². The van der Waals surface area contributed by atoms with Crippen molar-refractivity contribution < 1.29 is 4.79 Å². The molecule has 0 aliphatic carbocycles. The molecule has 1 aromatic carbocycles. The summed E-state index contributed by atoms with van der Waals surface area (Å²) >= 11 is 0. The number of carbonyl (C=O) groups excluding carboxylic acids is 1. The maximum absolute atomic E-state index is 11.9. The Bertz CT molecular complexity index is 427. The van der Waals surface area contributed by atoms with Gasteiger partial charge < -0.3 is 16.0 Å². The summed E-state index contributed by atoms with van der Waals surface area (Å²) in [4.78, 5) is 16.6. The predicted octanol–water partition coefficient (Wildman–Crippen LogP) is 0.246. The molecule has 19 heavy (non-hydrogen) atoms. The summed E-state index contributed by atoms with van der Waals surface area (Å²) in [6.45, 7) is 5.89. The normalized spacial score (nSPS) is 17.3. The number of nitrogens with two attached hydrogens (primary N) is 1. The summed E-state index contributed by atoms with van der Waals surface area (Å²) in [7, 11) is 2.14. The number of carbonyl (C=O) groups is 1. The SMILES string of the molecule is CN1CCN(CCNC(=O)c2ccccc2N)CC1. The second kappa shape index (κ2) is 6.54. The van der Waals surface area contributed by atoms with E-state index in [0.717, 1.165) is 32.7 Å². The minimum Gasteiger partial charge on any atom is -0.398 e. The molecule has 1 fully saturated rings. The highest BCUT2D eigenvalue weighted by atomic mass is 16.1. The molecule has 5 nitrogen and oxygen atoms in total. The summed E-state index contributed by atoms with van der Waals surface area (Å²) in [6, 6.07) is 7.15. The van der Waals surface area contributed by atoms with Crippen molar-refractivity contribution in [1.29, 1.82) is 0 Å². The maximum Gasteiger partial charge on any atom is 0.253 e. The number of nitrogens with zero attached hydrogens (tertiary/aromatic N) is 2. The molecule has 0 saturated carbocycles. The van der Waals surface area contributed by atoms with Crippen LogP contribution in [0.5, 0.6) is 0 Å². The lowest BCUT2D eigenvalue weighted by molar-refractivity contribution is 0.0942. The molecule has 5 heteroatoms. The average Bonchev–Trinajstić information content (AvgIpc) is 2.41. The van der Waals surface area contributed by atoms with E-state index in [9.17, 15) is 4.79 Å². The first-order valence-corrected chi connectivity index (χ1v) is 6.70. The molecule has 1 amide bonds. The van der Waals surface area contributed by atoms with Crippen molar-refractivity contribution in [3.8, 4) is 0 Å². The van der Waals surface area contributed by atoms with Gasteiger partial charge in [-0.1, -0.05) is 12.1 Å². The van der Waals surface area contributed by atoms with E-state index in [1.807, 2.05) is 12.1 Å². The third kappa shape index (κ3) is 3.94. The van der Waals surface area contributed by atoms with Crippen molar-refractivity contribution in [3.63, 3.8) is 0 Å². The predicted molar refractivity (Wildman–Crippen MR) is 77.1 cm³/mol. The first-order valence-electron chi connectivity index (χ1n) is 6.70. The zero-order valence-electron chi connectivity index (χ0n) is 11.4. The molecule has 0 unspecified atom stereocenters. The zero-order chi connectivity index (χ0) is 13.7. The lowest BCUT2D eigenvalue weighted by Gasteiger charge is -2.32. The second-order valence-corrected chi connectivity index (χ2v) is 4.99. The molecule has 0 spiro atoms. The van der Waals surface area contributed by atoms with Gasteiger partial charge in [-0.15, -0.1) is 0 Å². The van der Waals surface area contributed by atoms with Crippen LogP contribution in [-0.4, -0.2) is 62.0 Å². The van der Waals surface area contributed by atoms with Crippen molar-refractivity contribution in [2.24, 2.45) is 0 Å². The van der Waals surface area contributed by atoms with Crippen molar-refractivity contribution in [1.82, 2.24) is 15.1 Å². The molecular formula is C14H22N4O. The van der Waals surface area contributed by atoms with Crippen LogP contribution in [0.4, 0.5) is 5.69 Å². The lowest BCUT2D eigenvalue weighted by atomic mass is 10.1. The standard InChI is InChI=1S/C14H22N4O/c1-17-8-10-18(11-9-17)7-6-16-14(19)12-4-2-3-5-13(12)15/h2-5H,6-11,15H2,1H3,(H,16,19). The summed E-state index contributed by atoms with van der Waals surface area (Å²) in [5.74, 6) is -0.0905. The summed E-state index contributed by atoms with van der Waals surface area (Å²) in [5, 5.41) is 2.92. The quantitative estimate of drug-likeness (QED) is 0.763. The monoisotopic (exact) mass is 262 g/mol. The number of benzene rings is 1. The van der Waals surface area contributed by atoms with Gasteiger partial charge in [-0.3, -0.25) is 9.69 Å². The van der Waals surface area contributed by atoms with Gasteiger partial charge in [-0.25, -0.2) is 0 Å². The number of rotatable bonds is 4. The number of piperazine rings is 1. The summed E-state index contributed by atoms with van der Waals surface area (Å²) < 4.78 is 0. The molecule has 104 valence electrons. The fourth-order valence-corrected chi connectivity index (χ4v) is 2.20. The molecule has 0 bridgehead atoms. The van der Waals surface area contributed by atoms with Crippen LogP contribution in [0.1, 0.15) is 10.4 Å². The largest absolute Gasteiger partial charge is 0.398 e. The summed E-state index contributed by atoms with van der Waals surface area (Å²) in [5.41, 5.74) is 6.86. The molecule has 2 rings (SSSR count). The van der Waals surface area contributed by atoms with Gasteiger partial charge in [0.1, 0.15) is 0 Å². The first-order chi connectivity index (χ1) is 9.16. The van der Waals surface area contributed by atoms with E-state index in [1.54, 1.807) is 12.1 Å². The molecule has 0 aromatic heterocycles. The Balaban J connectivity index is 1.74. The van der Waals surface area contributed by atoms with Gasteiger partial charge in [0.15, 0.2) is 0 Å². The molecule has 3 N–H and O–H groups in total. The number of amides is 1. The molecule has 1 aliphatic heterocycles. The topological polar surface area (TPSA) is 61.6 Å². The van der Waals surface area contributed by atoms with E-state index in [1.165, 1.54) is 0 Å². The van der Waals surface area contributed by atoms with Crippen LogP contribution < -0.4 is 11.1 Å². The van der Waals surface area contributed by atoms with Gasteiger partial charge in [0.05, 0.1) is 5.56 Å². The fourth-order valence-electron chi connectivity index (χ4n) is 2.20. The molecule has 0 radical (unpaired) electrons. The second-order valence-electron chi connectivity index (χ2n) is 4.99. The van der Waals surface area contributed by atoms with E-state index in [0.29, 0.717) is 17.8 Å². The third-order valence-corrected chi connectivity index (χ3v) is 3.51. The Morgan fingerprint density at radius 3 is 2.63 bits per heavy atom. The minimum absolute atomic E-state index is 0.0905. The van der Waals surface area contributed by atoms with Crippen LogP contribution in [0.3, 0.4) is 0 Å². The minimum atomic E-state index is -0.0905. The number of para-hydroxylation sites is 1. The molecule has 1 aromatic rings. The fraction of sp³-hybridized carbons (Fsp3) is 0.500. The Labute approximate surface area is 114 Å². The first kappa shape index (κ1) is 13.8. The van der Waals surface area contributed by atoms with Crippen LogP contribution in [-0.2, 0) is 0 Å². The molecule has 1 heterocycles.